The van der Waals surface area contributed by atoms with Crippen molar-refractivity contribution in [2.75, 3.05) is 5.32 Å². The number of hydrogen-bond acceptors (Lipinski definition) is 3. The minimum atomic E-state index is -0.0830. The lowest BCUT2D eigenvalue weighted by molar-refractivity contribution is -0.789. The van der Waals surface area contributed by atoms with Crippen LogP contribution in [0.25, 0.3) is 16.8 Å². The van der Waals surface area contributed by atoms with E-state index in [0.717, 1.165) is 22.6 Å². The minimum absolute atomic E-state index is 0.0830. The number of nitrogens with zero attached hydrogens (tertiary/aromatic N) is 2. The molecule has 0 saturated carbocycles. The van der Waals surface area contributed by atoms with Crippen LogP contribution < -0.4 is 10.1 Å². The zero-order valence-corrected chi connectivity index (χ0v) is 15.0. The maximum Gasteiger partial charge on any atom is 0.300 e. The lowest BCUT2D eigenvalue weighted by Gasteiger charge is -2.03. The first-order valence-corrected chi connectivity index (χ1v) is 8.36. The lowest BCUT2D eigenvalue weighted by Crippen LogP contribution is -2.33. The molecule has 5 heteroatoms. The van der Waals surface area contributed by atoms with Crippen molar-refractivity contribution in [1.82, 2.24) is 4.98 Å². The molecule has 128 valence electrons. The number of carbonyl (C=O) groups excluding carboxylic acids is 1. The van der Waals surface area contributed by atoms with E-state index in [1.54, 1.807) is 10.9 Å². The van der Waals surface area contributed by atoms with Gasteiger partial charge in [-0.05, 0) is 18.6 Å². The van der Waals surface area contributed by atoms with Gasteiger partial charge < -0.3 is 5.32 Å². The van der Waals surface area contributed by atoms with E-state index in [0.29, 0.717) is 17.9 Å². The highest BCUT2D eigenvalue weighted by molar-refractivity contribution is 5.90. The Morgan fingerprint density at radius 2 is 2.00 bits per heavy atom. The average molecular weight is 336 g/mol. The van der Waals surface area contributed by atoms with Crippen molar-refractivity contribution in [3.63, 3.8) is 0 Å². The van der Waals surface area contributed by atoms with Crippen LogP contribution >= 0.6 is 0 Å². The molecule has 3 aromatic rings. The normalized spacial score (nSPS) is 10.7. The smallest absolute Gasteiger partial charge is 0.300 e. The molecule has 2 aromatic heterocycles. The first kappa shape index (κ1) is 16.9. The summed E-state index contributed by atoms with van der Waals surface area (Å²) in [6.07, 6.45) is 2.05. The van der Waals surface area contributed by atoms with Gasteiger partial charge in [0.05, 0.1) is 5.56 Å². The molecule has 0 radical (unpaired) electrons. The van der Waals surface area contributed by atoms with Gasteiger partial charge >= 0.3 is 5.69 Å². The first-order chi connectivity index (χ1) is 12.0. The number of nitrogens with one attached hydrogen (secondary N) is 1. The number of hydrogen-bond donors (Lipinski definition) is 1. The van der Waals surface area contributed by atoms with Crippen LogP contribution in [0.5, 0.6) is 0 Å². The van der Waals surface area contributed by atoms with E-state index in [2.05, 4.69) is 35.4 Å². The summed E-state index contributed by atoms with van der Waals surface area (Å²) in [4.78, 5) is 16.1. The van der Waals surface area contributed by atoms with Gasteiger partial charge in [-0.2, -0.15) is 0 Å². The van der Waals surface area contributed by atoms with Crippen molar-refractivity contribution < 1.29 is 14.1 Å². The molecule has 0 bridgehead atoms. The van der Waals surface area contributed by atoms with Crippen LogP contribution in [0.3, 0.4) is 0 Å². The van der Waals surface area contributed by atoms with E-state index in [9.17, 15) is 4.79 Å². The summed E-state index contributed by atoms with van der Waals surface area (Å²) >= 11 is 0. The zero-order chi connectivity index (χ0) is 18.0. The SMILES string of the molecule is CCC(=O)Nc1ncccc1-[n+]1oc(C)c(-c2cccc(C)c2)c1C. The number of aryl methyl sites for hydroxylation is 2. The summed E-state index contributed by atoms with van der Waals surface area (Å²) in [6.45, 7) is 7.83. The quantitative estimate of drug-likeness (QED) is 0.735. The highest BCUT2D eigenvalue weighted by Gasteiger charge is 2.28. The van der Waals surface area contributed by atoms with Gasteiger partial charge in [0.1, 0.15) is 0 Å². The van der Waals surface area contributed by atoms with E-state index >= 15 is 0 Å². The average Bonchev–Trinajstić information content (AvgIpc) is 2.89. The Balaban J connectivity index is 2.12. The summed E-state index contributed by atoms with van der Waals surface area (Å²) in [5.74, 6) is 1.23. The molecule has 0 aliphatic carbocycles. The number of amides is 1. The molecule has 1 aromatic carbocycles. The van der Waals surface area contributed by atoms with Crippen molar-refractivity contribution in [3.05, 3.63) is 59.6 Å². The molecule has 0 aliphatic rings. The predicted octanol–water partition coefficient (Wildman–Crippen LogP) is 3.89. The van der Waals surface area contributed by atoms with Crippen molar-refractivity contribution in [1.29, 1.82) is 0 Å². The van der Waals surface area contributed by atoms with Crippen molar-refractivity contribution in [3.8, 4) is 16.8 Å². The molecule has 1 amide bonds. The standard InChI is InChI=1S/C20H21N3O2/c1-5-18(24)22-20-17(10-7-11-21-20)23-14(3)19(15(4)25-23)16-9-6-8-13(2)12-16/h6-12H,5H2,1-4H3/p+1. The first-order valence-electron chi connectivity index (χ1n) is 8.36. The summed E-state index contributed by atoms with van der Waals surface area (Å²) < 4.78 is 7.73. The van der Waals surface area contributed by atoms with Gasteiger partial charge in [0.25, 0.3) is 0 Å². The molecule has 0 aliphatic heterocycles. The van der Waals surface area contributed by atoms with E-state index < -0.39 is 0 Å². The monoisotopic (exact) mass is 336 g/mol. The molecular weight excluding hydrogens is 314 g/mol. The largest absolute Gasteiger partial charge is 0.305 e. The predicted molar refractivity (Wildman–Crippen MR) is 96.6 cm³/mol. The zero-order valence-electron chi connectivity index (χ0n) is 15.0. The van der Waals surface area contributed by atoms with Crippen LogP contribution in [0.4, 0.5) is 5.82 Å². The van der Waals surface area contributed by atoms with Gasteiger partial charge in [0.2, 0.25) is 17.4 Å². The van der Waals surface area contributed by atoms with E-state index in [-0.39, 0.29) is 5.91 Å². The molecule has 25 heavy (non-hydrogen) atoms. The van der Waals surface area contributed by atoms with Crippen LogP contribution in [0.1, 0.15) is 30.4 Å². The number of pyridine rings is 1. The fourth-order valence-corrected chi connectivity index (χ4v) is 2.93. The number of benzene rings is 1. The Morgan fingerprint density at radius 3 is 2.72 bits per heavy atom. The van der Waals surface area contributed by atoms with E-state index in [1.165, 1.54) is 5.56 Å². The van der Waals surface area contributed by atoms with Crippen molar-refractivity contribution in [2.45, 2.75) is 34.1 Å². The second kappa shape index (κ2) is 6.89. The molecule has 2 heterocycles. The Morgan fingerprint density at radius 1 is 1.20 bits per heavy atom. The Hall–Kier alpha value is -2.95. The highest BCUT2D eigenvalue weighted by Crippen LogP contribution is 2.28. The van der Waals surface area contributed by atoms with Crippen LogP contribution in [-0.2, 0) is 4.79 Å². The van der Waals surface area contributed by atoms with Crippen molar-refractivity contribution in [2.24, 2.45) is 0 Å². The Kier molecular flexibility index (Phi) is 4.65. The molecule has 0 spiro atoms. The molecule has 0 unspecified atom stereocenters. The number of aromatic nitrogens is 2. The van der Waals surface area contributed by atoms with Gasteiger partial charge in [-0.1, -0.05) is 36.8 Å². The van der Waals surface area contributed by atoms with Crippen LogP contribution in [0.15, 0.2) is 47.1 Å². The van der Waals surface area contributed by atoms with Crippen molar-refractivity contribution >= 4 is 11.7 Å². The van der Waals surface area contributed by atoms with Crippen LogP contribution in [-0.4, -0.2) is 10.9 Å². The second-order valence-electron chi connectivity index (χ2n) is 6.04. The fraction of sp³-hybridized carbons (Fsp3) is 0.250. The van der Waals surface area contributed by atoms with E-state index in [4.69, 9.17) is 4.52 Å². The maximum absolute atomic E-state index is 11.8. The molecule has 0 saturated heterocycles. The maximum atomic E-state index is 11.8. The van der Waals surface area contributed by atoms with Gasteiger partial charge in [0.15, 0.2) is 5.76 Å². The van der Waals surface area contributed by atoms with Crippen LogP contribution in [0.2, 0.25) is 0 Å². The van der Waals surface area contributed by atoms with Gasteiger partial charge in [-0.15, -0.1) is 0 Å². The molecule has 0 atom stereocenters. The summed E-state index contributed by atoms with van der Waals surface area (Å²) in [5.41, 5.74) is 5.04. The van der Waals surface area contributed by atoms with Crippen LogP contribution in [0, 0.1) is 20.8 Å². The third-order valence-electron chi connectivity index (χ3n) is 4.14. The number of rotatable bonds is 4. The fourth-order valence-electron chi connectivity index (χ4n) is 2.93. The number of carbonyl (C=O) groups is 1. The summed E-state index contributed by atoms with van der Waals surface area (Å²) in [6, 6.07) is 12.0. The van der Waals surface area contributed by atoms with Gasteiger partial charge in [0, 0.05) is 37.3 Å². The van der Waals surface area contributed by atoms with Gasteiger partial charge in [-0.25, -0.2) is 9.51 Å². The molecule has 1 N–H and O–H groups in total. The third kappa shape index (κ3) is 3.31. The summed E-state index contributed by atoms with van der Waals surface area (Å²) in [5, 5.41) is 2.83. The second-order valence-corrected chi connectivity index (χ2v) is 6.04. The Bertz CT molecular complexity index is 928. The molecular formula is C20H22N3O2+. The molecule has 5 nitrogen and oxygen atoms in total. The molecule has 0 fully saturated rings. The van der Waals surface area contributed by atoms with E-state index in [1.807, 2.05) is 39.0 Å². The lowest BCUT2D eigenvalue weighted by atomic mass is 10.0. The molecule has 3 rings (SSSR count). The minimum Gasteiger partial charge on any atom is -0.305 e. The topological polar surface area (TPSA) is 59.0 Å². The van der Waals surface area contributed by atoms with Gasteiger partial charge in [-0.3, -0.25) is 4.79 Å². The highest BCUT2D eigenvalue weighted by atomic mass is 16.5. The summed E-state index contributed by atoms with van der Waals surface area (Å²) in [7, 11) is 0. The Labute approximate surface area is 147 Å². The number of anilines is 1. The third-order valence-corrected chi connectivity index (χ3v) is 4.14.